The third-order valence-electron chi connectivity index (χ3n) is 4.57. The maximum absolute atomic E-state index is 12.4. The highest BCUT2D eigenvalue weighted by molar-refractivity contribution is 5.93. The molecule has 0 bridgehead atoms. The first-order valence-electron chi connectivity index (χ1n) is 7.78. The molecule has 0 saturated carbocycles. The van der Waals surface area contributed by atoms with Gasteiger partial charge in [0.05, 0.1) is 5.56 Å². The van der Waals surface area contributed by atoms with Crippen LogP contribution in [0.3, 0.4) is 0 Å². The van der Waals surface area contributed by atoms with E-state index >= 15 is 0 Å². The van der Waals surface area contributed by atoms with Gasteiger partial charge in [-0.05, 0) is 50.9 Å². The second kappa shape index (κ2) is 6.35. The summed E-state index contributed by atoms with van der Waals surface area (Å²) in [6.07, 6.45) is 9.68. The van der Waals surface area contributed by atoms with Gasteiger partial charge in [0.25, 0.3) is 5.91 Å². The van der Waals surface area contributed by atoms with Crippen LogP contribution in [0.25, 0.3) is 0 Å². The molecule has 0 N–H and O–H groups in total. The van der Waals surface area contributed by atoms with E-state index in [-0.39, 0.29) is 5.91 Å². The summed E-state index contributed by atoms with van der Waals surface area (Å²) >= 11 is 0. The molecule has 0 aliphatic carbocycles. The SMILES string of the molecule is O=C(c1cccnc1)N1CCC(N2CCCCC2)CC1. The molecule has 2 saturated heterocycles. The van der Waals surface area contributed by atoms with Gasteiger partial charge in [0.15, 0.2) is 0 Å². The molecule has 2 aliphatic heterocycles. The average Bonchev–Trinajstić information content (AvgIpc) is 2.56. The number of nitrogens with zero attached hydrogens (tertiary/aromatic N) is 3. The lowest BCUT2D eigenvalue weighted by Gasteiger charge is -2.40. The van der Waals surface area contributed by atoms with Crippen LogP contribution in [0.4, 0.5) is 0 Å². The highest BCUT2D eigenvalue weighted by Crippen LogP contribution is 2.21. The molecule has 0 spiro atoms. The van der Waals surface area contributed by atoms with Crippen LogP contribution < -0.4 is 0 Å². The zero-order valence-electron chi connectivity index (χ0n) is 12.0. The first-order chi connectivity index (χ1) is 9.84. The van der Waals surface area contributed by atoms with E-state index in [0.717, 1.165) is 25.9 Å². The number of piperidine rings is 2. The topological polar surface area (TPSA) is 36.4 Å². The van der Waals surface area contributed by atoms with Gasteiger partial charge in [-0.2, -0.15) is 0 Å². The van der Waals surface area contributed by atoms with Crippen molar-refractivity contribution in [3.8, 4) is 0 Å². The Labute approximate surface area is 120 Å². The van der Waals surface area contributed by atoms with E-state index in [1.165, 1.54) is 32.4 Å². The number of carbonyl (C=O) groups is 1. The van der Waals surface area contributed by atoms with Gasteiger partial charge in [0.1, 0.15) is 0 Å². The van der Waals surface area contributed by atoms with Gasteiger partial charge in [-0.15, -0.1) is 0 Å². The highest BCUT2D eigenvalue weighted by atomic mass is 16.2. The number of likely N-dealkylation sites (tertiary alicyclic amines) is 2. The number of hydrogen-bond acceptors (Lipinski definition) is 3. The van der Waals surface area contributed by atoms with Gasteiger partial charge in [-0.25, -0.2) is 0 Å². The molecule has 1 amide bonds. The van der Waals surface area contributed by atoms with Crippen LogP contribution in [-0.4, -0.2) is 52.9 Å². The fourth-order valence-corrected chi connectivity index (χ4v) is 3.39. The Morgan fingerprint density at radius 3 is 2.50 bits per heavy atom. The van der Waals surface area contributed by atoms with Crippen LogP contribution in [0, 0.1) is 0 Å². The molecule has 20 heavy (non-hydrogen) atoms. The van der Waals surface area contributed by atoms with E-state index in [0.29, 0.717) is 11.6 Å². The number of amides is 1. The second-order valence-corrected chi connectivity index (χ2v) is 5.86. The summed E-state index contributed by atoms with van der Waals surface area (Å²) in [6.45, 7) is 4.27. The van der Waals surface area contributed by atoms with Gasteiger partial charge in [0, 0.05) is 31.5 Å². The fraction of sp³-hybridized carbons (Fsp3) is 0.625. The first kappa shape index (κ1) is 13.6. The Kier molecular flexibility index (Phi) is 4.31. The highest BCUT2D eigenvalue weighted by Gasteiger charge is 2.27. The molecular weight excluding hydrogens is 250 g/mol. The smallest absolute Gasteiger partial charge is 0.255 e. The molecule has 0 radical (unpaired) electrons. The van der Waals surface area contributed by atoms with Crippen LogP contribution in [-0.2, 0) is 0 Å². The molecule has 1 aromatic rings. The lowest BCUT2D eigenvalue weighted by Crippen LogP contribution is -2.48. The monoisotopic (exact) mass is 273 g/mol. The van der Waals surface area contributed by atoms with E-state index in [2.05, 4.69) is 9.88 Å². The van der Waals surface area contributed by atoms with Crippen molar-refractivity contribution in [3.05, 3.63) is 30.1 Å². The molecule has 0 atom stereocenters. The molecule has 0 aromatic carbocycles. The molecule has 2 fully saturated rings. The lowest BCUT2D eigenvalue weighted by atomic mass is 9.99. The Hall–Kier alpha value is -1.42. The third kappa shape index (κ3) is 3.01. The van der Waals surface area contributed by atoms with Crippen molar-refractivity contribution in [1.29, 1.82) is 0 Å². The van der Waals surface area contributed by atoms with E-state index < -0.39 is 0 Å². The Morgan fingerprint density at radius 1 is 1.10 bits per heavy atom. The standard InChI is InChI=1S/C16H23N3O/c20-16(14-5-4-8-17-13-14)19-11-6-15(7-12-19)18-9-2-1-3-10-18/h4-5,8,13,15H,1-3,6-7,9-12H2. The lowest BCUT2D eigenvalue weighted by molar-refractivity contribution is 0.0589. The van der Waals surface area contributed by atoms with Gasteiger partial charge in [0.2, 0.25) is 0 Å². The number of aromatic nitrogens is 1. The van der Waals surface area contributed by atoms with Crippen LogP contribution >= 0.6 is 0 Å². The zero-order valence-corrected chi connectivity index (χ0v) is 12.0. The normalized spacial score (nSPS) is 21.9. The van der Waals surface area contributed by atoms with Gasteiger partial charge < -0.3 is 9.80 Å². The molecule has 0 unspecified atom stereocenters. The molecule has 108 valence electrons. The maximum atomic E-state index is 12.4. The minimum absolute atomic E-state index is 0.134. The van der Waals surface area contributed by atoms with Crippen LogP contribution in [0.2, 0.25) is 0 Å². The van der Waals surface area contributed by atoms with E-state index in [1.54, 1.807) is 12.4 Å². The molecule has 1 aromatic heterocycles. The van der Waals surface area contributed by atoms with Crippen molar-refractivity contribution in [2.24, 2.45) is 0 Å². The van der Waals surface area contributed by atoms with Gasteiger partial charge in [-0.1, -0.05) is 6.42 Å². The predicted molar refractivity (Wildman–Crippen MR) is 78.6 cm³/mol. The quantitative estimate of drug-likeness (QED) is 0.828. The average molecular weight is 273 g/mol. The fourth-order valence-electron chi connectivity index (χ4n) is 3.39. The molecule has 4 heteroatoms. The number of hydrogen-bond donors (Lipinski definition) is 0. The Morgan fingerprint density at radius 2 is 1.85 bits per heavy atom. The van der Waals surface area contributed by atoms with E-state index in [9.17, 15) is 4.79 Å². The first-order valence-corrected chi connectivity index (χ1v) is 7.78. The maximum Gasteiger partial charge on any atom is 0.255 e. The number of carbonyl (C=O) groups excluding carboxylic acids is 1. The summed E-state index contributed by atoms with van der Waals surface area (Å²) in [5, 5.41) is 0. The van der Waals surface area contributed by atoms with Crippen LogP contribution in [0.15, 0.2) is 24.5 Å². The van der Waals surface area contributed by atoms with E-state index in [1.807, 2.05) is 17.0 Å². The Bertz CT molecular complexity index is 434. The zero-order chi connectivity index (χ0) is 13.8. The summed E-state index contributed by atoms with van der Waals surface area (Å²) in [7, 11) is 0. The molecule has 3 heterocycles. The molecule has 4 nitrogen and oxygen atoms in total. The minimum Gasteiger partial charge on any atom is -0.338 e. The van der Waals surface area contributed by atoms with Gasteiger partial charge in [-0.3, -0.25) is 9.78 Å². The minimum atomic E-state index is 0.134. The third-order valence-corrected chi connectivity index (χ3v) is 4.57. The van der Waals surface area contributed by atoms with Crippen molar-refractivity contribution >= 4 is 5.91 Å². The summed E-state index contributed by atoms with van der Waals surface area (Å²) < 4.78 is 0. The molecule has 2 aliphatic rings. The van der Waals surface area contributed by atoms with Crippen molar-refractivity contribution in [1.82, 2.24) is 14.8 Å². The van der Waals surface area contributed by atoms with E-state index in [4.69, 9.17) is 0 Å². The molecule has 3 rings (SSSR count). The largest absolute Gasteiger partial charge is 0.338 e. The predicted octanol–water partition coefficient (Wildman–Crippen LogP) is 2.17. The Balaban J connectivity index is 1.54. The summed E-state index contributed by atoms with van der Waals surface area (Å²) in [5.74, 6) is 0.134. The number of pyridine rings is 1. The van der Waals surface area contributed by atoms with Gasteiger partial charge >= 0.3 is 0 Å². The van der Waals surface area contributed by atoms with Crippen molar-refractivity contribution in [2.75, 3.05) is 26.2 Å². The van der Waals surface area contributed by atoms with Crippen molar-refractivity contribution in [2.45, 2.75) is 38.1 Å². The van der Waals surface area contributed by atoms with Crippen molar-refractivity contribution < 1.29 is 4.79 Å². The summed E-state index contributed by atoms with van der Waals surface area (Å²) in [4.78, 5) is 21.0. The van der Waals surface area contributed by atoms with Crippen LogP contribution in [0.1, 0.15) is 42.5 Å². The van der Waals surface area contributed by atoms with Crippen LogP contribution in [0.5, 0.6) is 0 Å². The number of rotatable bonds is 2. The molecular formula is C16H23N3O. The second-order valence-electron chi connectivity index (χ2n) is 5.86. The summed E-state index contributed by atoms with van der Waals surface area (Å²) in [6, 6.07) is 4.37. The summed E-state index contributed by atoms with van der Waals surface area (Å²) in [5.41, 5.74) is 0.712. The van der Waals surface area contributed by atoms with Crippen molar-refractivity contribution in [3.63, 3.8) is 0 Å².